The van der Waals surface area contributed by atoms with Gasteiger partial charge in [0.15, 0.2) is 0 Å². The highest BCUT2D eigenvalue weighted by molar-refractivity contribution is 6.00. The first kappa shape index (κ1) is 14.4. The van der Waals surface area contributed by atoms with Gasteiger partial charge in [-0.25, -0.2) is 9.97 Å². The molecule has 0 aliphatic heterocycles. The van der Waals surface area contributed by atoms with Gasteiger partial charge in [0.1, 0.15) is 11.7 Å². The minimum absolute atomic E-state index is 0.0293. The van der Waals surface area contributed by atoms with Gasteiger partial charge in [-0.05, 0) is 24.3 Å². The number of carbonyl (C=O) groups is 1. The lowest BCUT2D eigenvalue weighted by Gasteiger charge is -1.99. The van der Waals surface area contributed by atoms with Crippen LogP contribution in [-0.4, -0.2) is 21.7 Å². The standard InChI is InChI=1S/C15H15N5O/c16-13(7-10-17-12-5-2-1-3-6-12)20-15(21)11-14-18-8-4-9-19-14/h1-10,17H,11H2,(H2,16,20,21)/b10-7-. The minimum Gasteiger partial charge on any atom is -0.384 e. The van der Waals surface area contributed by atoms with Crippen molar-refractivity contribution in [3.05, 3.63) is 66.9 Å². The van der Waals surface area contributed by atoms with Crippen LogP contribution < -0.4 is 11.1 Å². The molecule has 2 rings (SSSR count). The van der Waals surface area contributed by atoms with E-state index in [1.807, 2.05) is 30.3 Å². The van der Waals surface area contributed by atoms with Crippen molar-refractivity contribution in [3.63, 3.8) is 0 Å². The molecular formula is C15H15N5O. The van der Waals surface area contributed by atoms with E-state index in [1.54, 1.807) is 24.7 Å². The Hall–Kier alpha value is -3.02. The highest BCUT2D eigenvalue weighted by atomic mass is 16.1. The smallest absolute Gasteiger partial charge is 0.255 e. The fourth-order valence-corrected chi connectivity index (χ4v) is 1.53. The van der Waals surface area contributed by atoms with Crippen molar-refractivity contribution in [2.45, 2.75) is 6.42 Å². The van der Waals surface area contributed by atoms with Crippen molar-refractivity contribution < 1.29 is 4.79 Å². The average molecular weight is 281 g/mol. The van der Waals surface area contributed by atoms with Gasteiger partial charge in [0.2, 0.25) is 0 Å². The number of aliphatic imine (C=N–C) groups is 1. The fraction of sp³-hybridized carbons (Fsp3) is 0.0667. The molecule has 0 saturated heterocycles. The molecule has 0 radical (unpaired) electrons. The molecule has 0 unspecified atom stereocenters. The van der Waals surface area contributed by atoms with Gasteiger partial charge in [-0.15, -0.1) is 0 Å². The van der Waals surface area contributed by atoms with E-state index in [4.69, 9.17) is 5.73 Å². The summed E-state index contributed by atoms with van der Waals surface area (Å²) in [7, 11) is 0. The predicted molar refractivity (Wildman–Crippen MR) is 81.6 cm³/mol. The highest BCUT2D eigenvalue weighted by Gasteiger charge is 2.03. The molecule has 0 atom stereocenters. The zero-order valence-electron chi connectivity index (χ0n) is 11.3. The van der Waals surface area contributed by atoms with Crippen molar-refractivity contribution >= 4 is 17.4 Å². The summed E-state index contributed by atoms with van der Waals surface area (Å²) in [4.78, 5) is 23.3. The van der Waals surface area contributed by atoms with Gasteiger partial charge in [-0.2, -0.15) is 4.99 Å². The average Bonchev–Trinajstić information content (AvgIpc) is 2.49. The fourth-order valence-electron chi connectivity index (χ4n) is 1.53. The molecule has 6 heteroatoms. The lowest BCUT2D eigenvalue weighted by atomic mass is 10.3. The maximum absolute atomic E-state index is 11.7. The molecule has 3 N–H and O–H groups in total. The minimum atomic E-state index is -0.386. The zero-order chi connectivity index (χ0) is 14.9. The highest BCUT2D eigenvalue weighted by Crippen LogP contribution is 2.04. The Morgan fingerprint density at radius 1 is 1.19 bits per heavy atom. The van der Waals surface area contributed by atoms with Crippen LogP contribution in [0.2, 0.25) is 0 Å². The Morgan fingerprint density at radius 2 is 1.90 bits per heavy atom. The van der Waals surface area contributed by atoms with Gasteiger partial charge in [-0.3, -0.25) is 4.79 Å². The van der Waals surface area contributed by atoms with Gasteiger partial charge >= 0.3 is 0 Å². The van der Waals surface area contributed by atoms with E-state index in [0.29, 0.717) is 5.82 Å². The van der Waals surface area contributed by atoms with Crippen LogP contribution in [0.3, 0.4) is 0 Å². The Bertz CT molecular complexity index is 638. The lowest BCUT2D eigenvalue weighted by Crippen LogP contribution is -2.13. The third-order valence-corrected chi connectivity index (χ3v) is 2.46. The second kappa shape index (κ2) is 7.54. The third kappa shape index (κ3) is 5.23. The number of nitrogens with zero attached hydrogens (tertiary/aromatic N) is 3. The van der Waals surface area contributed by atoms with Gasteiger partial charge in [-0.1, -0.05) is 18.2 Å². The SMILES string of the molecule is NC(/C=C\Nc1ccccc1)=NC(=O)Cc1ncccn1. The molecule has 1 aromatic heterocycles. The Balaban J connectivity index is 1.87. The van der Waals surface area contributed by atoms with Gasteiger partial charge in [0, 0.05) is 24.3 Å². The molecule has 106 valence electrons. The molecule has 1 aromatic carbocycles. The van der Waals surface area contributed by atoms with Gasteiger partial charge in [0.25, 0.3) is 5.91 Å². The number of nitrogens with two attached hydrogens (primary N) is 1. The molecule has 2 aromatic rings. The van der Waals surface area contributed by atoms with Gasteiger partial charge in [0.05, 0.1) is 6.42 Å². The van der Waals surface area contributed by atoms with Crippen molar-refractivity contribution in [3.8, 4) is 0 Å². The number of benzene rings is 1. The van der Waals surface area contributed by atoms with E-state index in [-0.39, 0.29) is 18.2 Å². The number of amidine groups is 1. The number of nitrogens with one attached hydrogen (secondary N) is 1. The van der Waals surface area contributed by atoms with Crippen molar-refractivity contribution in [1.29, 1.82) is 0 Å². The normalized spacial score (nSPS) is 11.5. The number of para-hydroxylation sites is 1. The first-order chi connectivity index (χ1) is 10.2. The van der Waals surface area contributed by atoms with Crippen LogP contribution in [0.25, 0.3) is 0 Å². The quantitative estimate of drug-likeness (QED) is 0.640. The number of anilines is 1. The van der Waals surface area contributed by atoms with E-state index < -0.39 is 0 Å². The second-order valence-corrected chi connectivity index (χ2v) is 4.12. The molecule has 21 heavy (non-hydrogen) atoms. The summed E-state index contributed by atoms with van der Waals surface area (Å²) in [6.45, 7) is 0. The summed E-state index contributed by atoms with van der Waals surface area (Å²) in [5.74, 6) is 0.160. The Kier molecular flexibility index (Phi) is 5.17. The molecule has 0 spiro atoms. The summed E-state index contributed by atoms with van der Waals surface area (Å²) >= 11 is 0. The van der Waals surface area contributed by atoms with Crippen LogP contribution in [0, 0.1) is 0 Å². The lowest BCUT2D eigenvalue weighted by molar-refractivity contribution is -0.117. The second-order valence-electron chi connectivity index (χ2n) is 4.12. The van der Waals surface area contributed by atoms with Crippen LogP contribution in [0.4, 0.5) is 5.69 Å². The number of hydrogen-bond acceptors (Lipinski definition) is 4. The molecule has 1 amide bonds. The summed E-state index contributed by atoms with van der Waals surface area (Å²) in [6, 6.07) is 11.3. The summed E-state index contributed by atoms with van der Waals surface area (Å²) < 4.78 is 0. The van der Waals surface area contributed by atoms with Crippen molar-refractivity contribution in [1.82, 2.24) is 9.97 Å². The molecule has 1 heterocycles. The Morgan fingerprint density at radius 3 is 2.62 bits per heavy atom. The van der Waals surface area contributed by atoms with Gasteiger partial charge < -0.3 is 11.1 Å². The number of hydrogen-bond donors (Lipinski definition) is 2. The van der Waals surface area contributed by atoms with Crippen LogP contribution >= 0.6 is 0 Å². The molecule has 0 saturated carbocycles. The molecule has 0 aliphatic rings. The number of carbonyl (C=O) groups excluding carboxylic acids is 1. The third-order valence-electron chi connectivity index (χ3n) is 2.46. The first-order valence-corrected chi connectivity index (χ1v) is 6.35. The van der Waals surface area contributed by atoms with E-state index in [9.17, 15) is 4.79 Å². The summed E-state index contributed by atoms with van der Waals surface area (Å²) in [5, 5.41) is 3.02. The number of rotatable bonds is 5. The molecule has 0 bridgehead atoms. The maximum atomic E-state index is 11.7. The van der Waals surface area contributed by atoms with Crippen molar-refractivity contribution in [2.24, 2.45) is 10.7 Å². The van der Waals surface area contributed by atoms with E-state index >= 15 is 0 Å². The van der Waals surface area contributed by atoms with Crippen LogP contribution in [0.5, 0.6) is 0 Å². The van der Waals surface area contributed by atoms with Crippen LogP contribution in [-0.2, 0) is 11.2 Å². The number of aromatic nitrogens is 2. The molecule has 6 nitrogen and oxygen atoms in total. The maximum Gasteiger partial charge on any atom is 0.255 e. The zero-order valence-corrected chi connectivity index (χ0v) is 11.3. The van der Waals surface area contributed by atoms with Crippen LogP contribution in [0.1, 0.15) is 5.82 Å². The van der Waals surface area contributed by atoms with E-state index in [1.165, 1.54) is 6.08 Å². The van der Waals surface area contributed by atoms with E-state index in [2.05, 4.69) is 20.3 Å². The largest absolute Gasteiger partial charge is 0.384 e. The topological polar surface area (TPSA) is 93.3 Å². The number of amides is 1. The summed E-state index contributed by atoms with van der Waals surface area (Å²) in [6.07, 6.45) is 6.33. The van der Waals surface area contributed by atoms with E-state index in [0.717, 1.165) is 5.69 Å². The Labute approximate surface area is 122 Å². The first-order valence-electron chi connectivity index (χ1n) is 6.35. The predicted octanol–water partition coefficient (Wildman–Crippen LogP) is 1.53. The molecule has 0 aliphatic carbocycles. The monoisotopic (exact) mass is 281 g/mol. The summed E-state index contributed by atoms with van der Waals surface area (Å²) in [5.41, 5.74) is 6.58. The molecular weight excluding hydrogens is 266 g/mol. The molecule has 0 fully saturated rings. The van der Waals surface area contributed by atoms with Crippen molar-refractivity contribution in [2.75, 3.05) is 5.32 Å². The van der Waals surface area contributed by atoms with Crippen LogP contribution in [0.15, 0.2) is 66.1 Å².